The smallest absolute Gasteiger partial charge is 0.148 e. The maximum absolute atomic E-state index is 5.73. The highest BCUT2D eigenvalue weighted by molar-refractivity contribution is 9.10. The van der Waals surface area contributed by atoms with Crippen LogP contribution in [0.2, 0.25) is 5.15 Å². The van der Waals surface area contributed by atoms with E-state index in [1.807, 2.05) is 6.07 Å². The van der Waals surface area contributed by atoms with Crippen LogP contribution in [0.4, 0.5) is 0 Å². The molecule has 0 atom stereocenters. The molecular formula is C9H6BrClN2O. The molecule has 2 rings (SSSR count). The molecule has 0 fully saturated rings. The van der Waals surface area contributed by atoms with Gasteiger partial charge in [0.15, 0.2) is 0 Å². The average molecular weight is 274 g/mol. The first-order valence-electron chi connectivity index (χ1n) is 3.86. The van der Waals surface area contributed by atoms with E-state index in [1.165, 1.54) is 6.20 Å². The van der Waals surface area contributed by atoms with Gasteiger partial charge < -0.3 is 4.74 Å². The fourth-order valence-electron chi connectivity index (χ4n) is 1.15. The van der Waals surface area contributed by atoms with Crippen LogP contribution < -0.4 is 4.74 Å². The van der Waals surface area contributed by atoms with Crippen molar-refractivity contribution < 1.29 is 4.74 Å². The number of rotatable bonds is 1. The normalized spacial score (nSPS) is 10.5. The van der Waals surface area contributed by atoms with Gasteiger partial charge in [0.25, 0.3) is 0 Å². The summed E-state index contributed by atoms with van der Waals surface area (Å²) < 4.78 is 5.99. The van der Waals surface area contributed by atoms with E-state index >= 15 is 0 Å². The lowest BCUT2D eigenvalue weighted by Crippen LogP contribution is -1.88. The molecule has 1 aromatic carbocycles. The number of benzene rings is 1. The molecule has 0 bridgehead atoms. The van der Waals surface area contributed by atoms with Gasteiger partial charge in [-0.3, -0.25) is 4.98 Å². The molecule has 72 valence electrons. The van der Waals surface area contributed by atoms with E-state index in [2.05, 4.69) is 25.9 Å². The third-order valence-corrected chi connectivity index (χ3v) is 2.59. The Morgan fingerprint density at radius 1 is 1.36 bits per heavy atom. The number of hydrogen-bond acceptors (Lipinski definition) is 3. The average Bonchev–Trinajstić information content (AvgIpc) is 2.17. The largest absolute Gasteiger partial charge is 0.495 e. The molecule has 0 aliphatic carbocycles. The number of hydrogen-bond donors (Lipinski definition) is 0. The molecule has 5 heteroatoms. The molecule has 0 unspecified atom stereocenters. The van der Waals surface area contributed by atoms with Crippen LogP contribution in [0.1, 0.15) is 0 Å². The van der Waals surface area contributed by atoms with Gasteiger partial charge >= 0.3 is 0 Å². The summed E-state index contributed by atoms with van der Waals surface area (Å²) in [4.78, 5) is 8.26. The highest BCUT2D eigenvalue weighted by Crippen LogP contribution is 2.28. The lowest BCUT2D eigenvalue weighted by Gasteiger charge is -2.04. The molecule has 0 aliphatic rings. The summed E-state index contributed by atoms with van der Waals surface area (Å²) in [6, 6.07) is 3.63. The minimum atomic E-state index is 0.377. The molecule has 14 heavy (non-hydrogen) atoms. The van der Waals surface area contributed by atoms with Crippen LogP contribution in [-0.4, -0.2) is 17.1 Å². The van der Waals surface area contributed by atoms with Gasteiger partial charge in [0.05, 0.1) is 28.8 Å². The molecule has 1 aromatic heterocycles. The lowest BCUT2D eigenvalue weighted by molar-refractivity contribution is 0.412. The number of aromatic nitrogens is 2. The first-order chi connectivity index (χ1) is 6.70. The van der Waals surface area contributed by atoms with Gasteiger partial charge in [-0.15, -0.1) is 0 Å². The fourth-order valence-corrected chi connectivity index (χ4v) is 1.78. The number of ether oxygens (including phenoxy) is 1. The molecule has 3 nitrogen and oxygen atoms in total. The zero-order chi connectivity index (χ0) is 10.1. The Kier molecular flexibility index (Phi) is 2.56. The molecular weight excluding hydrogens is 267 g/mol. The standard InChI is InChI=1S/C9H6BrClN2O/c1-14-8-3-7-6(2-5(8)10)12-4-9(11)13-7/h2-4H,1H3. The SMILES string of the molecule is COc1cc2nc(Cl)cnc2cc1Br. The minimum absolute atomic E-state index is 0.377. The van der Waals surface area contributed by atoms with Gasteiger partial charge in [0.1, 0.15) is 10.9 Å². The second kappa shape index (κ2) is 3.71. The summed E-state index contributed by atoms with van der Waals surface area (Å²) in [5, 5.41) is 0.377. The van der Waals surface area contributed by atoms with Crippen molar-refractivity contribution in [3.8, 4) is 5.75 Å². The Balaban J connectivity index is 2.73. The van der Waals surface area contributed by atoms with Crippen molar-refractivity contribution in [2.45, 2.75) is 0 Å². The summed E-state index contributed by atoms with van der Waals surface area (Å²) in [5.74, 6) is 0.717. The zero-order valence-electron chi connectivity index (χ0n) is 7.29. The van der Waals surface area contributed by atoms with E-state index in [0.717, 1.165) is 15.5 Å². The van der Waals surface area contributed by atoms with Crippen LogP contribution in [0.25, 0.3) is 11.0 Å². The molecule has 0 radical (unpaired) electrons. The highest BCUT2D eigenvalue weighted by Gasteiger charge is 2.04. The molecule has 0 saturated heterocycles. The van der Waals surface area contributed by atoms with Gasteiger partial charge in [-0.25, -0.2) is 4.98 Å². The molecule has 0 N–H and O–H groups in total. The molecule has 0 spiro atoms. The monoisotopic (exact) mass is 272 g/mol. The van der Waals surface area contributed by atoms with Crippen LogP contribution >= 0.6 is 27.5 Å². The highest BCUT2D eigenvalue weighted by atomic mass is 79.9. The van der Waals surface area contributed by atoms with E-state index < -0.39 is 0 Å². The van der Waals surface area contributed by atoms with Crippen molar-refractivity contribution in [3.05, 3.63) is 28.0 Å². The zero-order valence-corrected chi connectivity index (χ0v) is 9.63. The Morgan fingerprint density at radius 3 is 2.86 bits per heavy atom. The summed E-state index contributed by atoms with van der Waals surface area (Å²) in [5.41, 5.74) is 1.50. The third-order valence-electron chi connectivity index (χ3n) is 1.79. The van der Waals surface area contributed by atoms with E-state index in [-0.39, 0.29) is 0 Å². The van der Waals surface area contributed by atoms with Crippen LogP contribution in [0.5, 0.6) is 5.75 Å². The van der Waals surface area contributed by atoms with Crippen LogP contribution in [0.15, 0.2) is 22.8 Å². The topological polar surface area (TPSA) is 35.0 Å². The van der Waals surface area contributed by atoms with Gasteiger partial charge in [0, 0.05) is 6.07 Å². The molecule has 2 aromatic rings. The molecule has 0 saturated carbocycles. The summed E-state index contributed by atoms with van der Waals surface area (Å²) in [6.07, 6.45) is 1.52. The summed E-state index contributed by atoms with van der Waals surface area (Å²) >= 11 is 9.10. The van der Waals surface area contributed by atoms with Crippen molar-refractivity contribution in [2.75, 3.05) is 7.11 Å². The fraction of sp³-hybridized carbons (Fsp3) is 0.111. The van der Waals surface area contributed by atoms with E-state index in [0.29, 0.717) is 10.9 Å². The first kappa shape index (κ1) is 9.68. The summed E-state index contributed by atoms with van der Waals surface area (Å²) in [7, 11) is 1.60. The Morgan fingerprint density at radius 2 is 2.14 bits per heavy atom. The van der Waals surface area contributed by atoms with Crippen LogP contribution in [0.3, 0.4) is 0 Å². The second-order valence-corrected chi connectivity index (χ2v) is 3.91. The van der Waals surface area contributed by atoms with Crippen molar-refractivity contribution in [1.29, 1.82) is 0 Å². The maximum atomic E-state index is 5.73. The minimum Gasteiger partial charge on any atom is -0.495 e. The predicted molar refractivity (Wildman–Crippen MR) is 58.8 cm³/mol. The Labute approximate surface area is 94.2 Å². The third kappa shape index (κ3) is 1.67. The van der Waals surface area contributed by atoms with Crippen molar-refractivity contribution in [1.82, 2.24) is 9.97 Å². The van der Waals surface area contributed by atoms with Crippen molar-refractivity contribution in [2.24, 2.45) is 0 Å². The molecule has 0 aliphatic heterocycles. The number of fused-ring (bicyclic) bond motifs is 1. The van der Waals surface area contributed by atoms with Gasteiger partial charge in [-0.05, 0) is 22.0 Å². The predicted octanol–water partition coefficient (Wildman–Crippen LogP) is 3.05. The van der Waals surface area contributed by atoms with Crippen LogP contribution in [0, 0.1) is 0 Å². The number of methoxy groups -OCH3 is 1. The van der Waals surface area contributed by atoms with E-state index in [1.54, 1.807) is 13.2 Å². The maximum Gasteiger partial charge on any atom is 0.148 e. The van der Waals surface area contributed by atoms with Gasteiger partial charge in [0.2, 0.25) is 0 Å². The lowest BCUT2D eigenvalue weighted by atomic mass is 10.3. The number of halogens is 2. The molecule has 0 amide bonds. The van der Waals surface area contributed by atoms with E-state index in [4.69, 9.17) is 16.3 Å². The van der Waals surface area contributed by atoms with Gasteiger partial charge in [-0.2, -0.15) is 0 Å². The Hall–Kier alpha value is -0.870. The quantitative estimate of drug-likeness (QED) is 0.801. The second-order valence-electron chi connectivity index (χ2n) is 2.67. The first-order valence-corrected chi connectivity index (χ1v) is 5.03. The van der Waals surface area contributed by atoms with Crippen LogP contribution in [-0.2, 0) is 0 Å². The summed E-state index contributed by atoms with van der Waals surface area (Å²) in [6.45, 7) is 0. The Bertz CT molecular complexity index is 489. The van der Waals surface area contributed by atoms with E-state index in [9.17, 15) is 0 Å². The molecule has 1 heterocycles. The number of nitrogens with zero attached hydrogens (tertiary/aromatic N) is 2. The van der Waals surface area contributed by atoms with Crippen molar-refractivity contribution in [3.63, 3.8) is 0 Å². The van der Waals surface area contributed by atoms with Crippen molar-refractivity contribution >= 4 is 38.6 Å². The van der Waals surface area contributed by atoms with Gasteiger partial charge in [-0.1, -0.05) is 11.6 Å².